The number of hydrogen-bond acceptors (Lipinski definition) is 11. The molecule has 0 radical (unpaired) electrons. The third kappa shape index (κ3) is 8.28. The van der Waals surface area contributed by atoms with Crippen LogP contribution in [-0.4, -0.2) is 81.1 Å². The molecule has 2 rings (SSSR count). The van der Waals surface area contributed by atoms with Gasteiger partial charge in [0, 0.05) is 12.8 Å². The van der Waals surface area contributed by atoms with Gasteiger partial charge in [-0.3, -0.25) is 5.32 Å². The Morgan fingerprint density at radius 1 is 1.03 bits per heavy atom. The molecular formula is C23H29NO11. The first-order valence-electron chi connectivity index (χ1n) is 10.5. The van der Waals surface area contributed by atoms with E-state index in [-0.39, 0.29) is 13.2 Å². The van der Waals surface area contributed by atoms with Crippen molar-refractivity contribution in [3.05, 3.63) is 55.1 Å². The maximum absolute atomic E-state index is 12.6. The van der Waals surface area contributed by atoms with Gasteiger partial charge in [-0.15, -0.1) is 0 Å². The highest BCUT2D eigenvalue weighted by Crippen LogP contribution is 2.30. The van der Waals surface area contributed by atoms with Crippen molar-refractivity contribution in [3.8, 4) is 0 Å². The molecule has 192 valence electrons. The summed E-state index contributed by atoms with van der Waals surface area (Å²) < 4.78 is 36.5. The van der Waals surface area contributed by atoms with E-state index in [1.807, 2.05) is 13.0 Å². The molecule has 0 aliphatic carbocycles. The van der Waals surface area contributed by atoms with Crippen molar-refractivity contribution in [2.24, 2.45) is 0 Å². The monoisotopic (exact) mass is 495 g/mol. The fraction of sp³-hybridized carbons (Fsp3) is 0.435. The minimum absolute atomic E-state index is 0.158. The largest absolute Gasteiger partial charge is 0.509 e. The molecule has 1 amide bonds. The number of nitrogens with one attached hydrogen (secondary N) is 1. The lowest BCUT2D eigenvalue weighted by atomic mass is 9.98. The first kappa shape index (κ1) is 27.6. The smallest absolute Gasteiger partial charge is 0.439 e. The molecule has 1 fully saturated rings. The van der Waals surface area contributed by atoms with Gasteiger partial charge in [0.25, 0.3) is 0 Å². The van der Waals surface area contributed by atoms with E-state index in [1.165, 1.54) is 19.3 Å². The molecule has 2 N–H and O–H groups in total. The third-order valence-electron chi connectivity index (χ3n) is 4.61. The van der Waals surface area contributed by atoms with Crippen LogP contribution in [0.1, 0.15) is 5.56 Å². The normalized spacial score (nSPS) is 23.3. The van der Waals surface area contributed by atoms with Crippen LogP contribution in [0.4, 0.5) is 20.1 Å². The number of hydrogen-bond donors (Lipinski definition) is 2. The topological polar surface area (TPSA) is 148 Å². The van der Waals surface area contributed by atoms with Crippen LogP contribution in [0.5, 0.6) is 0 Å². The van der Waals surface area contributed by atoms with Crippen LogP contribution in [-0.2, 0) is 33.2 Å². The molecule has 1 aliphatic rings. The van der Waals surface area contributed by atoms with Crippen LogP contribution >= 0.6 is 0 Å². The Hall–Kier alpha value is -3.61. The van der Waals surface area contributed by atoms with Crippen molar-refractivity contribution in [3.63, 3.8) is 0 Å². The number of anilines is 1. The van der Waals surface area contributed by atoms with E-state index in [1.54, 1.807) is 18.2 Å². The quantitative estimate of drug-likeness (QED) is 0.280. The number of aryl methyl sites for hydroxylation is 1. The number of amides is 1. The Kier molecular flexibility index (Phi) is 11.0. The van der Waals surface area contributed by atoms with E-state index < -0.39 is 55.7 Å². The fourth-order valence-electron chi connectivity index (χ4n) is 3.15. The molecule has 35 heavy (non-hydrogen) atoms. The third-order valence-corrected chi connectivity index (χ3v) is 4.61. The molecule has 0 saturated carbocycles. The van der Waals surface area contributed by atoms with Gasteiger partial charge in [0.05, 0.1) is 6.61 Å². The van der Waals surface area contributed by atoms with E-state index in [2.05, 4.69) is 18.5 Å². The molecule has 1 heterocycles. The van der Waals surface area contributed by atoms with Crippen LogP contribution in [0.25, 0.3) is 0 Å². The summed E-state index contributed by atoms with van der Waals surface area (Å²) in [5.41, 5.74) is 1.32. The van der Waals surface area contributed by atoms with Gasteiger partial charge in [-0.1, -0.05) is 37.4 Å². The van der Waals surface area contributed by atoms with Gasteiger partial charge >= 0.3 is 18.4 Å². The molecule has 1 saturated heterocycles. The number of aliphatic hydroxyl groups excluding tert-OH is 1. The van der Waals surface area contributed by atoms with Crippen molar-refractivity contribution < 1.29 is 52.6 Å². The lowest BCUT2D eigenvalue weighted by molar-refractivity contribution is -0.295. The Labute approximate surface area is 202 Å². The SMILES string of the molecule is C=CCOC(=O)O[C@@H]1[C@@H](OC(=O)OCC=C)[C@@H](OC)O[C@H](CO)[C@H]1OC(=O)Nc1cccc(C)c1. The zero-order valence-electron chi connectivity index (χ0n) is 19.4. The van der Waals surface area contributed by atoms with Crippen LogP contribution in [0.3, 0.4) is 0 Å². The molecule has 12 nitrogen and oxygen atoms in total. The number of ether oxygens (including phenoxy) is 7. The second kappa shape index (κ2) is 13.9. The Balaban J connectivity index is 2.31. The van der Waals surface area contributed by atoms with Gasteiger partial charge in [-0.05, 0) is 24.6 Å². The summed E-state index contributed by atoms with van der Waals surface area (Å²) >= 11 is 0. The highest BCUT2D eigenvalue weighted by Gasteiger charge is 2.53. The van der Waals surface area contributed by atoms with E-state index >= 15 is 0 Å². The lowest BCUT2D eigenvalue weighted by Gasteiger charge is -2.43. The van der Waals surface area contributed by atoms with Crippen LogP contribution in [0.2, 0.25) is 0 Å². The van der Waals surface area contributed by atoms with Crippen molar-refractivity contribution in [1.82, 2.24) is 0 Å². The predicted molar refractivity (Wildman–Crippen MR) is 121 cm³/mol. The molecule has 5 atom stereocenters. The molecular weight excluding hydrogens is 466 g/mol. The maximum Gasteiger partial charge on any atom is 0.509 e. The molecule has 0 aromatic heterocycles. The van der Waals surface area contributed by atoms with Gasteiger partial charge in [0.15, 0.2) is 24.6 Å². The van der Waals surface area contributed by atoms with E-state index in [0.717, 1.165) is 5.56 Å². The maximum atomic E-state index is 12.6. The number of rotatable bonds is 10. The standard InChI is InChI=1S/C23H29NO11/c1-5-10-30-22(27)34-18-17(33-21(26)24-15-9-7-8-14(3)12-15)16(13-25)32-20(29-4)19(18)35-23(28)31-11-6-2/h5-9,12,16-20,25H,1-2,10-11,13H2,3-4H3,(H,24,26)/t16-,17-,18+,19-,20+/m1/s1. The minimum Gasteiger partial charge on any atom is -0.439 e. The highest BCUT2D eigenvalue weighted by atomic mass is 16.8. The predicted octanol–water partition coefficient (Wildman–Crippen LogP) is 2.69. The molecule has 1 aromatic carbocycles. The first-order chi connectivity index (χ1) is 16.8. The average Bonchev–Trinajstić information content (AvgIpc) is 2.83. The summed E-state index contributed by atoms with van der Waals surface area (Å²) in [7, 11) is 1.24. The number of carbonyl (C=O) groups excluding carboxylic acids is 3. The zero-order chi connectivity index (χ0) is 25.8. The van der Waals surface area contributed by atoms with Crippen LogP contribution in [0.15, 0.2) is 49.6 Å². The highest BCUT2D eigenvalue weighted by molar-refractivity contribution is 5.84. The summed E-state index contributed by atoms with van der Waals surface area (Å²) in [6.45, 7) is 7.72. The first-order valence-corrected chi connectivity index (χ1v) is 10.5. The van der Waals surface area contributed by atoms with Crippen molar-refractivity contribution >= 4 is 24.1 Å². The minimum atomic E-state index is -1.51. The molecule has 0 bridgehead atoms. The van der Waals surface area contributed by atoms with Crippen LogP contribution in [0, 0.1) is 6.92 Å². The lowest BCUT2D eigenvalue weighted by Crippen LogP contribution is -2.63. The number of carbonyl (C=O) groups is 3. The van der Waals surface area contributed by atoms with Crippen molar-refractivity contribution in [2.45, 2.75) is 37.6 Å². The van der Waals surface area contributed by atoms with Gasteiger partial charge in [0.2, 0.25) is 0 Å². The number of aliphatic hydroxyl groups is 1. The van der Waals surface area contributed by atoms with Gasteiger partial charge in [-0.2, -0.15) is 0 Å². The zero-order valence-corrected chi connectivity index (χ0v) is 19.4. The summed E-state index contributed by atoms with van der Waals surface area (Å²) in [6, 6.07) is 6.91. The average molecular weight is 495 g/mol. The molecule has 0 spiro atoms. The Morgan fingerprint density at radius 3 is 2.20 bits per heavy atom. The van der Waals surface area contributed by atoms with Crippen LogP contribution < -0.4 is 5.32 Å². The van der Waals surface area contributed by atoms with Crippen molar-refractivity contribution in [2.75, 3.05) is 32.2 Å². The second-order valence-corrected chi connectivity index (χ2v) is 7.19. The number of methoxy groups -OCH3 is 1. The van der Waals surface area contributed by atoms with E-state index in [4.69, 9.17) is 33.2 Å². The molecule has 12 heteroatoms. The molecule has 1 aromatic rings. The Bertz CT molecular complexity index is 890. The van der Waals surface area contributed by atoms with Gasteiger partial charge in [0.1, 0.15) is 19.3 Å². The fourth-order valence-corrected chi connectivity index (χ4v) is 3.15. The van der Waals surface area contributed by atoms with Gasteiger partial charge in [-0.25, -0.2) is 14.4 Å². The number of benzene rings is 1. The van der Waals surface area contributed by atoms with Gasteiger partial charge < -0.3 is 38.3 Å². The van der Waals surface area contributed by atoms with Crippen molar-refractivity contribution in [1.29, 1.82) is 0 Å². The summed E-state index contributed by atoms with van der Waals surface area (Å²) in [5.74, 6) is 0. The van der Waals surface area contributed by atoms with E-state index in [9.17, 15) is 19.5 Å². The summed E-state index contributed by atoms with van der Waals surface area (Å²) in [4.78, 5) is 37.0. The van der Waals surface area contributed by atoms with E-state index in [0.29, 0.717) is 5.69 Å². The molecule has 1 aliphatic heterocycles. The second-order valence-electron chi connectivity index (χ2n) is 7.19. The summed E-state index contributed by atoms with van der Waals surface area (Å²) in [6.07, 6.45) is -7.60. The summed E-state index contributed by atoms with van der Waals surface area (Å²) in [5, 5.41) is 12.4. The Morgan fingerprint density at radius 2 is 1.66 bits per heavy atom. The molecule has 0 unspecified atom stereocenters.